The summed E-state index contributed by atoms with van der Waals surface area (Å²) < 4.78 is 0. The molecule has 64 valence electrons. The van der Waals surface area contributed by atoms with Gasteiger partial charge in [-0.05, 0) is 18.3 Å². The van der Waals surface area contributed by atoms with Crippen molar-refractivity contribution in [3.05, 3.63) is 24.8 Å². The van der Waals surface area contributed by atoms with Gasteiger partial charge in [-0.1, -0.05) is 54.6 Å². The second-order valence-electron chi connectivity index (χ2n) is 3.50. The highest BCUT2D eigenvalue weighted by Crippen LogP contribution is 2.24. The third kappa shape index (κ3) is 6.36. The van der Waals surface area contributed by atoms with Crippen LogP contribution < -0.4 is 0 Å². The Bertz CT molecular complexity index is 134. The molecule has 0 N–H and O–H groups in total. The van der Waals surface area contributed by atoms with E-state index in [2.05, 4.69) is 42.4 Å². The maximum absolute atomic E-state index is 3.62. The van der Waals surface area contributed by atoms with Crippen LogP contribution in [0.15, 0.2) is 24.8 Å². The van der Waals surface area contributed by atoms with Gasteiger partial charge in [0.25, 0.3) is 0 Å². The first kappa shape index (κ1) is 11.0. The van der Waals surface area contributed by atoms with Crippen LogP contribution in [0.3, 0.4) is 0 Å². The van der Waals surface area contributed by atoms with Gasteiger partial charge in [0.1, 0.15) is 0 Å². The Balaban J connectivity index is 3.52. The van der Waals surface area contributed by atoms with E-state index in [0.717, 1.165) is 11.8 Å². The minimum atomic E-state index is 0.422. The quantitative estimate of drug-likeness (QED) is 0.483. The Morgan fingerprint density at radius 2 is 2.09 bits per heavy atom. The Labute approximate surface area is 78.5 Å². The van der Waals surface area contributed by atoms with E-state index in [-0.39, 0.29) is 0 Å². The van der Waals surface area contributed by atoms with Crippen molar-refractivity contribution in [1.82, 2.24) is 0 Å². The zero-order valence-electron chi connectivity index (χ0n) is 7.44. The van der Waals surface area contributed by atoms with Crippen LogP contribution >= 0.6 is 15.9 Å². The van der Waals surface area contributed by atoms with Crippen LogP contribution in [0, 0.1) is 5.41 Å². The van der Waals surface area contributed by atoms with Crippen LogP contribution in [-0.2, 0) is 0 Å². The molecule has 1 heteroatoms. The molecule has 0 rings (SSSR count). The van der Waals surface area contributed by atoms with Gasteiger partial charge >= 0.3 is 0 Å². The van der Waals surface area contributed by atoms with Gasteiger partial charge in [0, 0.05) is 5.33 Å². The van der Waals surface area contributed by atoms with Gasteiger partial charge < -0.3 is 0 Å². The third-order valence-electron chi connectivity index (χ3n) is 1.62. The summed E-state index contributed by atoms with van der Waals surface area (Å²) in [5.74, 6) is 0. The lowest BCUT2D eigenvalue weighted by atomic mass is 9.90. The summed E-state index contributed by atoms with van der Waals surface area (Å²) >= 11 is 3.50. The largest absolute Gasteiger partial charge is 0.0991 e. The highest BCUT2D eigenvalue weighted by atomic mass is 79.9. The van der Waals surface area contributed by atoms with Crippen LogP contribution in [0.2, 0.25) is 0 Å². The third-order valence-corrected chi connectivity index (χ3v) is 3.14. The molecule has 0 saturated carbocycles. The van der Waals surface area contributed by atoms with Gasteiger partial charge in [-0.3, -0.25) is 0 Å². The predicted molar refractivity (Wildman–Crippen MR) is 56.1 cm³/mol. The van der Waals surface area contributed by atoms with Gasteiger partial charge in [0.15, 0.2) is 0 Å². The summed E-state index contributed by atoms with van der Waals surface area (Å²) in [6.07, 6.45) is 8.36. The Morgan fingerprint density at radius 1 is 1.45 bits per heavy atom. The maximum Gasteiger partial charge on any atom is 0.00827 e. The van der Waals surface area contributed by atoms with E-state index in [1.54, 1.807) is 0 Å². The van der Waals surface area contributed by atoms with E-state index >= 15 is 0 Å². The fourth-order valence-corrected chi connectivity index (χ4v) is 1.01. The fraction of sp³-hybridized carbons (Fsp3) is 0.600. The molecule has 0 spiro atoms. The molecule has 0 fully saturated rings. The van der Waals surface area contributed by atoms with Crippen LogP contribution in [0.1, 0.15) is 26.7 Å². The molecule has 0 heterocycles. The van der Waals surface area contributed by atoms with Crippen molar-refractivity contribution in [3.8, 4) is 0 Å². The van der Waals surface area contributed by atoms with E-state index in [4.69, 9.17) is 0 Å². The Kier molecular flexibility index (Phi) is 5.57. The van der Waals surface area contributed by atoms with Crippen LogP contribution in [-0.4, -0.2) is 5.33 Å². The van der Waals surface area contributed by atoms with Gasteiger partial charge in [-0.15, -0.1) is 0 Å². The molecule has 0 amide bonds. The zero-order valence-corrected chi connectivity index (χ0v) is 9.02. The molecule has 0 aromatic heterocycles. The fourth-order valence-electron chi connectivity index (χ4n) is 0.733. The molecule has 0 aliphatic carbocycles. The summed E-state index contributed by atoms with van der Waals surface area (Å²) in [5, 5.41) is 1.07. The molecule has 0 aliphatic heterocycles. The first-order valence-corrected chi connectivity index (χ1v) is 5.08. The lowest BCUT2D eigenvalue weighted by Crippen LogP contribution is -2.11. The standard InChI is InChI=1S/C10H17Br/c1-4-5-6-7-8-10(2,3)9-11/h4-6H,1,7-9H2,2-3H3/b6-5+. The van der Waals surface area contributed by atoms with Gasteiger partial charge in [-0.2, -0.15) is 0 Å². The van der Waals surface area contributed by atoms with Crippen molar-refractivity contribution in [2.75, 3.05) is 5.33 Å². The second-order valence-corrected chi connectivity index (χ2v) is 4.06. The summed E-state index contributed by atoms with van der Waals surface area (Å²) in [5.41, 5.74) is 0.422. The van der Waals surface area contributed by atoms with Crippen LogP contribution in [0.5, 0.6) is 0 Å². The summed E-state index contributed by atoms with van der Waals surface area (Å²) in [6.45, 7) is 8.15. The lowest BCUT2D eigenvalue weighted by molar-refractivity contribution is 0.394. The first-order chi connectivity index (χ1) is 5.12. The van der Waals surface area contributed by atoms with Crippen molar-refractivity contribution >= 4 is 15.9 Å². The van der Waals surface area contributed by atoms with E-state index in [1.165, 1.54) is 6.42 Å². The van der Waals surface area contributed by atoms with E-state index in [9.17, 15) is 0 Å². The number of hydrogen-bond acceptors (Lipinski definition) is 0. The molecule has 0 saturated heterocycles. The predicted octanol–water partition coefficient (Wildman–Crippen LogP) is 3.93. The van der Waals surface area contributed by atoms with Crippen molar-refractivity contribution in [1.29, 1.82) is 0 Å². The molecule has 0 aliphatic rings. The molecule has 0 radical (unpaired) electrons. The highest BCUT2D eigenvalue weighted by molar-refractivity contribution is 9.09. The minimum Gasteiger partial charge on any atom is -0.0991 e. The van der Waals surface area contributed by atoms with Gasteiger partial charge in [0.05, 0.1) is 0 Å². The van der Waals surface area contributed by atoms with Crippen LogP contribution in [0.4, 0.5) is 0 Å². The average Bonchev–Trinajstić information content (AvgIpc) is 1.99. The van der Waals surface area contributed by atoms with Crippen molar-refractivity contribution < 1.29 is 0 Å². The summed E-state index contributed by atoms with van der Waals surface area (Å²) in [7, 11) is 0. The molecule has 0 unspecified atom stereocenters. The highest BCUT2D eigenvalue weighted by Gasteiger charge is 2.13. The molecule has 0 atom stereocenters. The summed E-state index contributed by atoms with van der Waals surface area (Å²) in [6, 6.07) is 0. The number of allylic oxidation sites excluding steroid dienone is 3. The molecular formula is C10H17Br. The van der Waals surface area contributed by atoms with E-state index in [0.29, 0.717) is 5.41 Å². The summed E-state index contributed by atoms with van der Waals surface area (Å²) in [4.78, 5) is 0. The van der Waals surface area contributed by atoms with Crippen molar-refractivity contribution in [3.63, 3.8) is 0 Å². The van der Waals surface area contributed by atoms with Crippen LogP contribution in [0.25, 0.3) is 0 Å². The molecular weight excluding hydrogens is 200 g/mol. The maximum atomic E-state index is 3.62. The van der Waals surface area contributed by atoms with Crippen molar-refractivity contribution in [2.24, 2.45) is 5.41 Å². The number of rotatable bonds is 5. The molecule has 11 heavy (non-hydrogen) atoms. The average molecular weight is 217 g/mol. The van der Waals surface area contributed by atoms with E-state index < -0.39 is 0 Å². The molecule has 0 aromatic carbocycles. The van der Waals surface area contributed by atoms with Gasteiger partial charge in [0.2, 0.25) is 0 Å². The lowest BCUT2D eigenvalue weighted by Gasteiger charge is -2.19. The SMILES string of the molecule is C=C/C=C/CCC(C)(C)CBr. The van der Waals surface area contributed by atoms with E-state index in [1.807, 2.05) is 12.2 Å². The Hall–Kier alpha value is -0.0400. The topological polar surface area (TPSA) is 0 Å². The zero-order chi connectivity index (χ0) is 8.74. The normalized spacial score (nSPS) is 12.3. The molecule has 0 aromatic rings. The minimum absolute atomic E-state index is 0.422. The first-order valence-electron chi connectivity index (χ1n) is 3.96. The number of halogens is 1. The molecule has 0 nitrogen and oxygen atoms in total. The number of alkyl halides is 1. The monoisotopic (exact) mass is 216 g/mol. The molecule has 0 bridgehead atoms. The Morgan fingerprint density at radius 3 is 2.55 bits per heavy atom. The smallest absolute Gasteiger partial charge is 0.00827 e. The number of hydrogen-bond donors (Lipinski definition) is 0. The van der Waals surface area contributed by atoms with Gasteiger partial charge in [-0.25, -0.2) is 0 Å². The van der Waals surface area contributed by atoms with Crippen molar-refractivity contribution in [2.45, 2.75) is 26.7 Å². The second kappa shape index (κ2) is 5.59.